The third-order valence-electron chi connectivity index (χ3n) is 2.02. The summed E-state index contributed by atoms with van der Waals surface area (Å²) in [6.45, 7) is 6.54. The first kappa shape index (κ1) is 12.1. The van der Waals surface area contributed by atoms with E-state index in [4.69, 9.17) is 0 Å². The highest BCUT2D eigenvalue weighted by molar-refractivity contribution is 9.08. The Labute approximate surface area is 99.1 Å². The molecule has 1 nitrogen and oxygen atoms in total. The van der Waals surface area contributed by atoms with Crippen LogP contribution in [-0.4, -0.2) is 17.4 Å². The molecule has 3 heteroatoms. The number of nitrogens with zero attached hydrogens (tertiary/aromatic N) is 1. The Balaban J connectivity index is 2.58. The van der Waals surface area contributed by atoms with Crippen LogP contribution < -0.4 is 0 Å². The van der Waals surface area contributed by atoms with Gasteiger partial charge in [0, 0.05) is 23.3 Å². The van der Waals surface area contributed by atoms with Crippen LogP contribution in [0.25, 0.3) is 0 Å². The molecule has 0 unspecified atom stereocenters. The molecule has 0 atom stereocenters. The summed E-state index contributed by atoms with van der Waals surface area (Å²) in [4.78, 5) is 1.32. The smallest absolute Gasteiger partial charge is 0.0283 e. The van der Waals surface area contributed by atoms with Crippen molar-refractivity contribution in [1.82, 2.24) is 4.31 Å². The molecule has 0 saturated carbocycles. The van der Waals surface area contributed by atoms with Gasteiger partial charge in [-0.15, -0.1) is 0 Å². The van der Waals surface area contributed by atoms with Gasteiger partial charge in [0.15, 0.2) is 0 Å². The van der Waals surface area contributed by atoms with Crippen molar-refractivity contribution in [3.8, 4) is 0 Å². The SMILES string of the molecule is CCN(CC)Sc1ccc(CBr)cc1. The second kappa shape index (κ2) is 6.49. The van der Waals surface area contributed by atoms with Crippen LogP contribution in [0.3, 0.4) is 0 Å². The van der Waals surface area contributed by atoms with Gasteiger partial charge in [-0.2, -0.15) is 0 Å². The molecule has 1 rings (SSSR count). The second-order valence-corrected chi connectivity index (χ2v) is 4.71. The molecular weight excluding hydrogens is 258 g/mol. The summed E-state index contributed by atoms with van der Waals surface area (Å²) in [6, 6.07) is 8.69. The Morgan fingerprint density at radius 3 is 2.14 bits per heavy atom. The van der Waals surface area contributed by atoms with Crippen molar-refractivity contribution in [3.05, 3.63) is 29.8 Å². The summed E-state index contributed by atoms with van der Waals surface area (Å²) in [5.41, 5.74) is 1.33. The average molecular weight is 274 g/mol. The summed E-state index contributed by atoms with van der Waals surface area (Å²) < 4.78 is 2.34. The van der Waals surface area contributed by atoms with Crippen molar-refractivity contribution in [2.24, 2.45) is 0 Å². The summed E-state index contributed by atoms with van der Waals surface area (Å²) in [6.07, 6.45) is 0. The second-order valence-electron chi connectivity index (χ2n) is 2.98. The molecule has 0 aliphatic heterocycles. The summed E-state index contributed by atoms with van der Waals surface area (Å²) in [5, 5.41) is 0.934. The number of hydrogen-bond donors (Lipinski definition) is 0. The van der Waals surface area contributed by atoms with Gasteiger partial charge in [0.05, 0.1) is 0 Å². The zero-order valence-corrected chi connectivity index (χ0v) is 11.1. The highest BCUT2D eigenvalue weighted by Crippen LogP contribution is 2.22. The van der Waals surface area contributed by atoms with E-state index in [0.717, 1.165) is 18.4 Å². The third kappa shape index (κ3) is 3.64. The Morgan fingerprint density at radius 1 is 1.14 bits per heavy atom. The van der Waals surface area contributed by atoms with Crippen molar-refractivity contribution < 1.29 is 0 Å². The van der Waals surface area contributed by atoms with Gasteiger partial charge in [-0.25, -0.2) is 4.31 Å². The van der Waals surface area contributed by atoms with Crippen molar-refractivity contribution in [2.45, 2.75) is 24.1 Å². The summed E-state index contributed by atoms with van der Waals surface area (Å²) >= 11 is 5.27. The molecule has 0 aliphatic carbocycles. The van der Waals surface area contributed by atoms with Crippen LogP contribution in [0.5, 0.6) is 0 Å². The number of halogens is 1. The van der Waals surface area contributed by atoms with Crippen molar-refractivity contribution >= 4 is 27.9 Å². The highest BCUT2D eigenvalue weighted by Gasteiger charge is 2.01. The Bertz CT molecular complexity index is 256. The van der Waals surface area contributed by atoms with E-state index in [1.54, 1.807) is 0 Å². The molecule has 78 valence electrons. The fourth-order valence-corrected chi connectivity index (χ4v) is 2.33. The van der Waals surface area contributed by atoms with Crippen molar-refractivity contribution in [2.75, 3.05) is 13.1 Å². The molecule has 0 fully saturated rings. The molecule has 0 spiro atoms. The molecule has 14 heavy (non-hydrogen) atoms. The monoisotopic (exact) mass is 273 g/mol. The predicted molar refractivity (Wildman–Crippen MR) is 67.9 cm³/mol. The van der Waals surface area contributed by atoms with Gasteiger partial charge in [0.25, 0.3) is 0 Å². The first-order valence-electron chi connectivity index (χ1n) is 4.88. The van der Waals surface area contributed by atoms with E-state index in [-0.39, 0.29) is 0 Å². The first-order chi connectivity index (χ1) is 6.80. The molecule has 0 saturated heterocycles. The molecule has 0 N–H and O–H groups in total. The lowest BCUT2D eigenvalue weighted by Gasteiger charge is -2.16. The van der Waals surface area contributed by atoms with E-state index >= 15 is 0 Å². The molecule has 1 aromatic carbocycles. The topological polar surface area (TPSA) is 3.24 Å². The van der Waals surface area contributed by atoms with Crippen LogP contribution in [0.2, 0.25) is 0 Å². The quantitative estimate of drug-likeness (QED) is 0.591. The maximum Gasteiger partial charge on any atom is 0.0283 e. The predicted octanol–water partition coefficient (Wildman–Crippen LogP) is 3.93. The van der Waals surface area contributed by atoms with Gasteiger partial charge in [0.2, 0.25) is 0 Å². The lowest BCUT2D eigenvalue weighted by Crippen LogP contribution is -2.13. The van der Waals surface area contributed by atoms with Crippen LogP contribution in [0, 0.1) is 0 Å². The minimum atomic E-state index is 0.934. The summed E-state index contributed by atoms with van der Waals surface area (Å²) in [5.74, 6) is 0. The third-order valence-corrected chi connectivity index (χ3v) is 3.92. The molecule has 0 radical (unpaired) electrons. The van der Waals surface area contributed by atoms with Gasteiger partial charge >= 0.3 is 0 Å². The Hall–Kier alpha value is 0.01000. The molecule has 1 aromatic rings. The number of rotatable bonds is 5. The minimum Gasteiger partial charge on any atom is -0.247 e. The number of benzene rings is 1. The maximum absolute atomic E-state index is 3.44. The zero-order chi connectivity index (χ0) is 10.4. The standard InChI is InChI=1S/C11H16BrNS/c1-3-13(4-2)14-11-7-5-10(9-12)6-8-11/h5-8H,3-4,9H2,1-2H3. The van der Waals surface area contributed by atoms with E-state index < -0.39 is 0 Å². The number of hydrogen-bond acceptors (Lipinski definition) is 2. The average Bonchev–Trinajstić information content (AvgIpc) is 2.26. The van der Waals surface area contributed by atoms with Crippen molar-refractivity contribution in [1.29, 1.82) is 0 Å². The molecule has 0 bridgehead atoms. The summed E-state index contributed by atoms with van der Waals surface area (Å²) in [7, 11) is 0. The molecular formula is C11H16BrNS. The number of alkyl halides is 1. The van der Waals surface area contributed by atoms with Gasteiger partial charge in [-0.3, -0.25) is 0 Å². The van der Waals surface area contributed by atoms with Crippen LogP contribution in [0.15, 0.2) is 29.2 Å². The maximum atomic E-state index is 3.44. The van der Waals surface area contributed by atoms with Gasteiger partial charge in [-0.1, -0.05) is 41.9 Å². The minimum absolute atomic E-state index is 0.934. The Morgan fingerprint density at radius 2 is 1.71 bits per heavy atom. The van der Waals surface area contributed by atoms with E-state index in [1.165, 1.54) is 10.5 Å². The van der Waals surface area contributed by atoms with E-state index in [0.29, 0.717) is 0 Å². The molecule has 0 heterocycles. The largest absolute Gasteiger partial charge is 0.247 e. The Kier molecular flexibility index (Phi) is 5.60. The molecule has 0 aliphatic rings. The lowest BCUT2D eigenvalue weighted by atomic mass is 10.2. The van der Waals surface area contributed by atoms with Crippen LogP contribution in [-0.2, 0) is 5.33 Å². The first-order valence-corrected chi connectivity index (χ1v) is 6.77. The fourth-order valence-electron chi connectivity index (χ4n) is 1.14. The van der Waals surface area contributed by atoms with Gasteiger partial charge in [0.1, 0.15) is 0 Å². The van der Waals surface area contributed by atoms with Crippen molar-refractivity contribution in [3.63, 3.8) is 0 Å². The molecule has 0 aromatic heterocycles. The van der Waals surface area contributed by atoms with E-state index in [2.05, 4.69) is 58.3 Å². The lowest BCUT2D eigenvalue weighted by molar-refractivity contribution is 0.525. The van der Waals surface area contributed by atoms with Gasteiger partial charge < -0.3 is 0 Å². The van der Waals surface area contributed by atoms with Crippen LogP contribution in [0.1, 0.15) is 19.4 Å². The van der Waals surface area contributed by atoms with E-state index in [9.17, 15) is 0 Å². The van der Waals surface area contributed by atoms with Gasteiger partial charge in [-0.05, 0) is 29.6 Å². The highest BCUT2D eigenvalue weighted by atomic mass is 79.9. The van der Waals surface area contributed by atoms with E-state index in [1.807, 2.05) is 11.9 Å². The molecule has 0 amide bonds. The fraction of sp³-hybridized carbons (Fsp3) is 0.455. The van der Waals surface area contributed by atoms with Crippen LogP contribution >= 0.6 is 27.9 Å². The zero-order valence-electron chi connectivity index (χ0n) is 8.66. The van der Waals surface area contributed by atoms with Crippen LogP contribution in [0.4, 0.5) is 0 Å². The normalized spacial score (nSPS) is 10.9.